The highest BCUT2D eigenvalue weighted by Gasteiger charge is 2.14. The quantitative estimate of drug-likeness (QED) is 0.684. The van der Waals surface area contributed by atoms with Crippen molar-refractivity contribution >= 4 is 6.29 Å². The molecule has 1 N–H and O–H groups in total. The van der Waals surface area contributed by atoms with Crippen molar-refractivity contribution in [1.82, 2.24) is 5.32 Å². The molecule has 1 aliphatic heterocycles. The Morgan fingerprint density at radius 1 is 1.31 bits per heavy atom. The van der Waals surface area contributed by atoms with Crippen molar-refractivity contribution in [2.24, 2.45) is 0 Å². The van der Waals surface area contributed by atoms with E-state index in [1.165, 1.54) is 11.1 Å². The Morgan fingerprint density at radius 2 is 2.08 bits per heavy atom. The minimum absolute atomic E-state index is 0.122. The van der Waals surface area contributed by atoms with Gasteiger partial charge in [-0.15, -0.1) is 0 Å². The van der Waals surface area contributed by atoms with Crippen LogP contribution in [0.15, 0.2) is 24.3 Å². The van der Waals surface area contributed by atoms with Crippen LogP contribution in [0.1, 0.15) is 11.1 Å². The van der Waals surface area contributed by atoms with Gasteiger partial charge in [0.25, 0.3) is 0 Å². The lowest BCUT2D eigenvalue weighted by Crippen LogP contribution is -2.31. The summed E-state index contributed by atoms with van der Waals surface area (Å²) in [5, 5.41) is 3.15. The predicted octanol–water partition coefficient (Wildman–Crippen LogP) is 0.853. The second kappa shape index (κ2) is 3.71. The van der Waals surface area contributed by atoms with Crippen LogP contribution in [0.4, 0.5) is 0 Å². The smallest absolute Gasteiger partial charge is 0.217 e. The van der Waals surface area contributed by atoms with Gasteiger partial charge >= 0.3 is 0 Å². The number of hydrogen-bond donors (Lipinski definition) is 1. The first kappa shape index (κ1) is 8.45. The molecule has 1 aliphatic rings. The maximum atomic E-state index is 10.5. The van der Waals surface area contributed by atoms with Gasteiger partial charge in [-0.1, -0.05) is 24.3 Å². The van der Waals surface area contributed by atoms with Crippen molar-refractivity contribution in [2.45, 2.75) is 18.9 Å². The summed E-state index contributed by atoms with van der Waals surface area (Å²) in [7, 11) is 0. The van der Waals surface area contributed by atoms with E-state index in [1.807, 2.05) is 18.4 Å². The minimum atomic E-state index is -0.122. The lowest BCUT2D eigenvalue weighted by atomic mass is 10.0. The van der Waals surface area contributed by atoms with Gasteiger partial charge in [0.05, 0.1) is 6.04 Å². The van der Waals surface area contributed by atoms with E-state index in [1.54, 1.807) is 0 Å². The summed E-state index contributed by atoms with van der Waals surface area (Å²) in [5.41, 5.74) is 2.63. The molecule has 0 saturated carbocycles. The van der Waals surface area contributed by atoms with Gasteiger partial charge in [0, 0.05) is 0 Å². The molecule has 0 amide bonds. The van der Waals surface area contributed by atoms with Gasteiger partial charge in [0.2, 0.25) is 6.29 Å². The van der Waals surface area contributed by atoms with Crippen molar-refractivity contribution < 1.29 is 4.79 Å². The van der Waals surface area contributed by atoms with Crippen LogP contribution in [0.2, 0.25) is 0 Å². The Balaban J connectivity index is 2.28. The first-order chi connectivity index (χ1) is 6.40. The Kier molecular flexibility index (Phi) is 2.41. The monoisotopic (exact) mass is 174 g/mol. The summed E-state index contributed by atoms with van der Waals surface area (Å²) in [6, 6.07) is 8.16. The van der Waals surface area contributed by atoms with Crippen LogP contribution in [0.25, 0.3) is 0 Å². The van der Waals surface area contributed by atoms with E-state index >= 15 is 0 Å². The molecule has 1 heterocycles. The van der Waals surface area contributed by atoms with Gasteiger partial charge in [0.1, 0.15) is 0 Å². The van der Waals surface area contributed by atoms with Crippen LogP contribution in [-0.2, 0) is 17.6 Å². The number of benzene rings is 1. The first-order valence-corrected chi connectivity index (χ1v) is 4.58. The maximum Gasteiger partial charge on any atom is 0.217 e. The number of hydrogen-bond acceptors (Lipinski definition) is 2. The SMILES string of the molecule is O=[C]C1Cc2ccccc2CCN1. The van der Waals surface area contributed by atoms with E-state index in [4.69, 9.17) is 0 Å². The van der Waals surface area contributed by atoms with Gasteiger partial charge in [0.15, 0.2) is 0 Å². The Hall–Kier alpha value is -1.15. The second-order valence-electron chi connectivity index (χ2n) is 3.35. The van der Waals surface area contributed by atoms with Crippen LogP contribution in [0.5, 0.6) is 0 Å². The highest BCUT2D eigenvalue weighted by atomic mass is 16.1. The Morgan fingerprint density at radius 3 is 2.85 bits per heavy atom. The van der Waals surface area contributed by atoms with Crippen molar-refractivity contribution in [3.05, 3.63) is 35.4 Å². The van der Waals surface area contributed by atoms with E-state index in [0.717, 1.165) is 19.4 Å². The zero-order chi connectivity index (χ0) is 9.10. The Bertz CT molecular complexity index is 309. The highest BCUT2D eigenvalue weighted by molar-refractivity contribution is 5.59. The summed E-state index contributed by atoms with van der Waals surface area (Å²) in [6.45, 7) is 0.872. The molecule has 1 aromatic carbocycles. The summed E-state index contributed by atoms with van der Waals surface area (Å²) >= 11 is 0. The van der Waals surface area contributed by atoms with E-state index < -0.39 is 0 Å². The fraction of sp³-hybridized carbons (Fsp3) is 0.364. The molecule has 13 heavy (non-hydrogen) atoms. The van der Waals surface area contributed by atoms with Crippen LogP contribution < -0.4 is 5.32 Å². The van der Waals surface area contributed by atoms with Crippen LogP contribution in [0.3, 0.4) is 0 Å². The van der Waals surface area contributed by atoms with Crippen LogP contribution >= 0.6 is 0 Å². The zero-order valence-electron chi connectivity index (χ0n) is 7.42. The third-order valence-corrected chi connectivity index (χ3v) is 2.47. The van der Waals surface area contributed by atoms with Crippen LogP contribution in [-0.4, -0.2) is 18.9 Å². The lowest BCUT2D eigenvalue weighted by molar-refractivity contribution is 0.518. The summed E-state index contributed by atoms with van der Waals surface area (Å²) < 4.78 is 0. The molecule has 67 valence electrons. The van der Waals surface area contributed by atoms with Gasteiger partial charge in [-0.05, 0) is 30.5 Å². The molecular formula is C11H12NO. The Labute approximate surface area is 78.0 Å². The molecule has 2 nitrogen and oxygen atoms in total. The molecule has 2 rings (SSSR count). The van der Waals surface area contributed by atoms with Crippen molar-refractivity contribution in [1.29, 1.82) is 0 Å². The summed E-state index contributed by atoms with van der Waals surface area (Å²) in [6.07, 6.45) is 3.81. The average Bonchev–Trinajstić information content (AvgIpc) is 2.38. The average molecular weight is 174 g/mol. The lowest BCUT2D eigenvalue weighted by Gasteiger charge is -2.06. The second-order valence-corrected chi connectivity index (χ2v) is 3.35. The normalized spacial score (nSPS) is 21.7. The largest absolute Gasteiger partial charge is 0.306 e. The number of carbonyl (C=O) groups excluding carboxylic acids is 1. The molecule has 0 bridgehead atoms. The molecule has 0 aromatic heterocycles. The molecule has 1 aromatic rings. The standard InChI is InChI=1S/C11H12NO/c13-8-11-7-10-4-2-1-3-9(10)5-6-12-11/h1-4,11-12H,5-7H2. The molecule has 0 aliphatic carbocycles. The van der Waals surface area contributed by atoms with E-state index in [2.05, 4.69) is 17.4 Å². The molecule has 1 radical (unpaired) electrons. The van der Waals surface area contributed by atoms with Gasteiger partial charge < -0.3 is 5.32 Å². The molecule has 1 unspecified atom stereocenters. The van der Waals surface area contributed by atoms with Gasteiger partial charge in [-0.25, -0.2) is 0 Å². The van der Waals surface area contributed by atoms with Crippen LogP contribution in [0, 0.1) is 0 Å². The zero-order valence-corrected chi connectivity index (χ0v) is 7.42. The topological polar surface area (TPSA) is 29.1 Å². The minimum Gasteiger partial charge on any atom is -0.306 e. The predicted molar refractivity (Wildman–Crippen MR) is 51.3 cm³/mol. The van der Waals surface area contributed by atoms with Gasteiger partial charge in [-0.2, -0.15) is 0 Å². The first-order valence-electron chi connectivity index (χ1n) is 4.58. The fourth-order valence-electron chi connectivity index (χ4n) is 1.76. The molecule has 1 atom stereocenters. The fourth-order valence-corrected chi connectivity index (χ4v) is 1.76. The third kappa shape index (κ3) is 1.78. The van der Waals surface area contributed by atoms with Crippen molar-refractivity contribution in [3.63, 3.8) is 0 Å². The van der Waals surface area contributed by atoms with Gasteiger partial charge in [-0.3, -0.25) is 4.79 Å². The summed E-state index contributed by atoms with van der Waals surface area (Å²) in [4.78, 5) is 10.5. The maximum absolute atomic E-state index is 10.5. The van der Waals surface area contributed by atoms with E-state index in [9.17, 15) is 4.79 Å². The number of fused-ring (bicyclic) bond motifs is 1. The number of rotatable bonds is 1. The van der Waals surface area contributed by atoms with E-state index in [0.29, 0.717) is 0 Å². The molecule has 0 saturated heterocycles. The summed E-state index contributed by atoms with van der Waals surface area (Å²) in [5.74, 6) is 0. The molecule has 0 spiro atoms. The highest BCUT2D eigenvalue weighted by Crippen LogP contribution is 2.13. The number of nitrogens with one attached hydrogen (secondary N) is 1. The van der Waals surface area contributed by atoms with Crippen molar-refractivity contribution in [2.75, 3.05) is 6.54 Å². The molecular weight excluding hydrogens is 162 g/mol. The third-order valence-electron chi connectivity index (χ3n) is 2.47. The van der Waals surface area contributed by atoms with E-state index in [-0.39, 0.29) is 6.04 Å². The molecule has 2 heteroatoms. The molecule has 0 fully saturated rings. The van der Waals surface area contributed by atoms with Crippen molar-refractivity contribution in [3.8, 4) is 0 Å².